The Morgan fingerprint density at radius 3 is 2.32 bits per heavy atom. The van der Waals surface area contributed by atoms with Crippen LogP contribution in [0, 0.1) is 5.92 Å². The van der Waals surface area contributed by atoms with E-state index in [1.54, 1.807) is 12.0 Å². The molecule has 2 heterocycles. The van der Waals surface area contributed by atoms with Gasteiger partial charge in [0.15, 0.2) is 0 Å². The van der Waals surface area contributed by atoms with E-state index < -0.39 is 15.9 Å². The number of rotatable bonds is 8. The van der Waals surface area contributed by atoms with Crippen LogP contribution in [0.5, 0.6) is 5.75 Å². The van der Waals surface area contributed by atoms with Crippen LogP contribution in [0.3, 0.4) is 0 Å². The van der Waals surface area contributed by atoms with E-state index in [4.69, 9.17) is 4.74 Å². The number of carbonyl (C=O) groups excluding carboxylic acids is 2. The van der Waals surface area contributed by atoms with Gasteiger partial charge in [-0.15, -0.1) is 0 Å². The van der Waals surface area contributed by atoms with E-state index in [9.17, 15) is 18.0 Å². The molecule has 0 aromatic heterocycles. The zero-order chi connectivity index (χ0) is 24.1. The van der Waals surface area contributed by atoms with Crippen molar-refractivity contribution in [2.75, 3.05) is 61.9 Å². The molecule has 2 aromatic rings. The van der Waals surface area contributed by atoms with E-state index in [-0.39, 0.29) is 30.5 Å². The first kappa shape index (κ1) is 24.0. The lowest BCUT2D eigenvalue weighted by Crippen LogP contribution is -2.50. The molecule has 0 unspecified atom stereocenters. The third-order valence-corrected chi connectivity index (χ3v) is 8.16. The van der Waals surface area contributed by atoms with Crippen LogP contribution in [0.1, 0.15) is 6.42 Å². The van der Waals surface area contributed by atoms with Crippen LogP contribution in [-0.4, -0.2) is 76.7 Å². The third kappa shape index (κ3) is 5.51. The maximum absolute atomic E-state index is 12.8. The number of benzene rings is 2. The molecule has 2 saturated heterocycles. The van der Waals surface area contributed by atoms with E-state index in [1.807, 2.05) is 54.6 Å². The average Bonchev–Trinajstić information content (AvgIpc) is 3.26. The summed E-state index contributed by atoms with van der Waals surface area (Å²) >= 11 is 0. The molecule has 9 nitrogen and oxygen atoms in total. The highest BCUT2D eigenvalue weighted by Crippen LogP contribution is 2.25. The van der Waals surface area contributed by atoms with Gasteiger partial charge in [0.2, 0.25) is 21.8 Å². The zero-order valence-corrected chi connectivity index (χ0v) is 20.0. The van der Waals surface area contributed by atoms with Crippen LogP contribution >= 0.6 is 0 Å². The number of nitrogens with one attached hydrogen (secondary N) is 1. The standard InChI is InChI=1S/C24H30N4O5S/c1-33-22-9-7-20(8-10-22)26-12-14-27(15-13-26)34(31,32)16-11-25-24(30)19-17-23(29)28(18-19)21-5-3-2-4-6-21/h2-10,19H,11-18H2,1H3,(H,25,30)/t19-/m1/s1. The molecule has 2 aromatic carbocycles. The van der Waals surface area contributed by atoms with Crippen molar-refractivity contribution in [2.45, 2.75) is 6.42 Å². The normalized spacial score (nSPS) is 19.3. The molecule has 0 aliphatic carbocycles. The van der Waals surface area contributed by atoms with Crippen molar-refractivity contribution >= 4 is 33.2 Å². The van der Waals surface area contributed by atoms with E-state index in [0.717, 1.165) is 17.1 Å². The van der Waals surface area contributed by atoms with Gasteiger partial charge in [-0.1, -0.05) is 18.2 Å². The summed E-state index contributed by atoms with van der Waals surface area (Å²) in [6.07, 6.45) is 0.126. The summed E-state index contributed by atoms with van der Waals surface area (Å²) in [5, 5.41) is 2.71. The lowest BCUT2D eigenvalue weighted by molar-refractivity contribution is -0.126. The third-order valence-electron chi connectivity index (χ3n) is 6.29. The quantitative estimate of drug-likeness (QED) is 0.604. The molecular formula is C24H30N4O5S. The summed E-state index contributed by atoms with van der Waals surface area (Å²) in [5.41, 5.74) is 1.79. The fraction of sp³-hybridized carbons (Fsp3) is 0.417. The molecule has 2 aliphatic rings. The van der Waals surface area contributed by atoms with Gasteiger partial charge in [0.1, 0.15) is 5.75 Å². The smallest absolute Gasteiger partial charge is 0.227 e. The second kappa shape index (κ2) is 10.4. The van der Waals surface area contributed by atoms with Gasteiger partial charge in [-0.3, -0.25) is 9.59 Å². The zero-order valence-electron chi connectivity index (χ0n) is 19.2. The number of nitrogens with zero attached hydrogens (tertiary/aromatic N) is 3. The Morgan fingerprint density at radius 2 is 1.68 bits per heavy atom. The molecule has 0 saturated carbocycles. The minimum Gasteiger partial charge on any atom is -0.497 e. The predicted molar refractivity (Wildman–Crippen MR) is 130 cm³/mol. The van der Waals surface area contributed by atoms with Crippen LogP contribution < -0.4 is 19.9 Å². The summed E-state index contributed by atoms with van der Waals surface area (Å²) in [6, 6.07) is 16.9. The molecule has 2 amide bonds. The molecule has 0 radical (unpaired) electrons. The molecule has 182 valence electrons. The number of carbonyl (C=O) groups is 2. The molecular weight excluding hydrogens is 456 g/mol. The van der Waals surface area contributed by atoms with Gasteiger partial charge in [-0.25, -0.2) is 8.42 Å². The number of methoxy groups -OCH3 is 1. The Balaban J connectivity index is 1.23. The largest absolute Gasteiger partial charge is 0.497 e. The molecule has 0 bridgehead atoms. The highest BCUT2D eigenvalue weighted by Gasteiger charge is 2.35. The number of amides is 2. The maximum Gasteiger partial charge on any atom is 0.227 e. The lowest BCUT2D eigenvalue weighted by atomic mass is 10.1. The number of hydrogen-bond acceptors (Lipinski definition) is 6. The van der Waals surface area contributed by atoms with Crippen LogP contribution in [0.4, 0.5) is 11.4 Å². The molecule has 1 atom stereocenters. The number of hydrogen-bond donors (Lipinski definition) is 1. The van der Waals surface area contributed by atoms with E-state index >= 15 is 0 Å². The number of anilines is 2. The molecule has 1 N–H and O–H groups in total. The van der Waals surface area contributed by atoms with Crippen molar-refractivity contribution in [1.82, 2.24) is 9.62 Å². The molecule has 34 heavy (non-hydrogen) atoms. The van der Waals surface area contributed by atoms with Crippen LogP contribution in [0.2, 0.25) is 0 Å². The Morgan fingerprint density at radius 1 is 1.00 bits per heavy atom. The van der Waals surface area contributed by atoms with Crippen molar-refractivity contribution in [2.24, 2.45) is 5.92 Å². The van der Waals surface area contributed by atoms with E-state index in [2.05, 4.69) is 10.2 Å². The summed E-state index contributed by atoms with van der Waals surface area (Å²) in [5.74, 6) is -0.255. The van der Waals surface area contributed by atoms with Gasteiger partial charge in [0, 0.05) is 57.1 Å². The van der Waals surface area contributed by atoms with Crippen LogP contribution in [-0.2, 0) is 19.6 Å². The fourth-order valence-electron chi connectivity index (χ4n) is 4.33. The van der Waals surface area contributed by atoms with Crippen molar-refractivity contribution < 1.29 is 22.7 Å². The fourth-order valence-corrected chi connectivity index (χ4v) is 5.67. The second-order valence-corrected chi connectivity index (χ2v) is 10.5. The number of ether oxygens (including phenoxy) is 1. The number of piperazine rings is 1. The summed E-state index contributed by atoms with van der Waals surface area (Å²) in [6.45, 7) is 2.30. The lowest BCUT2D eigenvalue weighted by Gasteiger charge is -2.35. The van der Waals surface area contributed by atoms with Crippen molar-refractivity contribution in [3.8, 4) is 5.75 Å². The second-order valence-electron chi connectivity index (χ2n) is 8.43. The molecule has 4 rings (SSSR count). The number of sulfonamides is 1. The van der Waals surface area contributed by atoms with Crippen LogP contribution in [0.25, 0.3) is 0 Å². The van der Waals surface area contributed by atoms with Gasteiger partial charge in [-0.2, -0.15) is 4.31 Å². The minimum atomic E-state index is -3.49. The van der Waals surface area contributed by atoms with Gasteiger partial charge in [-0.05, 0) is 36.4 Å². The Labute approximate surface area is 200 Å². The summed E-state index contributed by atoms with van der Waals surface area (Å²) in [4.78, 5) is 28.6. The van der Waals surface area contributed by atoms with Gasteiger partial charge in [0.05, 0.1) is 18.8 Å². The highest BCUT2D eigenvalue weighted by atomic mass is 32.2. The molecule has 0 spiro atoms. The van der Waals surface area contributed by atoms with Crippen molar-refractivity contribution in [3.05, 3.63) is 54.6 Å². The van der Waals surface area contributed by atoms with Crippen molar-refractivity contribution in [1.29, 1.82) is 0 Å². The van der Waals surface area contributed by atoms with Gasteiger partial charge < -0.3 is 19.9 Å². The average molecular weight is 487 g/mol. The topological polar surface area (TPSA) is 99.3 Å². The highest BCUT2D eigenvalue weighted by molar-refractivity contribution is 7.89. The molecule has 10 heteroatoms. The maximum atomic E-state index is 12.8. The van der Waals surface area contributed by atoms with Gasteiger partial charge >= 0.3 is 0 Å². The minimum absolute atomic E-state index is 0.0237. The first-order valence-electron chi connectivity index (χ1n) is 11.4. The van der Waals surface area contributed by atoms with Crippen molar-refractivity contribution in [3.63, 3.8) is 0 Å². The first-order valence-corrected chi connectivity index (χ1v) is 13.0. The molecule has 2 aliphatic heterocycles. The Hall–Kier alpha value is -3.11. The van der Waals surface area contributed by atoms with E-state index in [1.165, 1.54) is 4.31 Å². The number of para-hydroxylation sites is 1. The SMILES string of the molecule is COc1ccc(N2CCN(S(=O)(=O)CCNC(=O)[C@@H]3CC(=O)N(c4ccccc4)C3)CC2)cc1. The van der Waals surface area contributed by atoms with Crippen LogP contribution in [0.15, 0.2) is 54.6 Å². The predicted octanol–water partition coefficient (Wildman–Crippen LogP) is 1.32. The summed E-state index contributed by atoms with van der Waals surface area (Å²) in [7, 11) is -1.87. The Bertz CT molecular complexity index is 1100. The monoisotopic (exact) mass is 486 g/mol. The Kier molecular flexibility index (Phi) is 7.38. The van der Waals surface area contributed by atoms with Gasteiger partial charge in [0.25, 0.3) is 0 Å². The first-order chi connectivity index (χ1) is 16.4. The van der Waals surface area contributed by atoms with E-state index in [0.29, 0.717) is 32.7 Å². The summed E-state index contributed by atoms with van der Waals surface area (Å²) < 4.78 is 32.2. The molecule has 2 fully saturated rings.